The lowest BCUT2D eigenvalue weighted by Crippen LogP contribution is -2.27. The molecule has 0 spiro atoms. The van der Waals surface area contributed by atoms with Crippen LogP contribution in [0, 0.1) is 5.92 Å². The fourth-order valence-corrected chi connectivity index (χ4v) is 8.03. The number of fused-ring (bicyclic) bond motifs is 2. The van der Waals surface area contributed by atoms with E-state index in [2.05, 4.69) is 185 Å². The Balaban J connectivity index is 0.00000253. The summed E-state index contributed by atoms with van der Waals surface area (Å²) in [5, 5.41) is 0. The van der Waals surface area contributed by atoms with Gasteiger partial charge in [0.25, 0.3) is 0 Å². The largest absolute Gasteiger partial charge is 0.338 e. The van der Waals surface area contributed by atoms with Crippen molar-refractivity contribution in [1.82, 2.24) is 14.9 Å². The van der Waals surface area contributed by atoms with E-state index in [4.69, 9.17) is 9.97 Å². The average Bonchev–Trinajstić information content (AvgIpc) is 3.33. The van der Waals surface area contributed by atoms with Gasteiger partial charge in [-0.25, -0.2) is 9.97 Å². The first kappa shape index (κ1) is 39.2. The molecule has 2 unspecified atom stereocenters. The predicted octanol–water partition coefficient (Wildman–Crippen LogP) is 13.8. The van der Waals surface area contributed by atoms with Gasteiger partial charge in [0.05, 0.1) is 22.4 Å². The molecule has 2 aromatic carbocycles. The van der Waals surface area contributed by atoms with E-state index >= 15 is 0 Å². The Morgan fingerprint density at radius 2 is 1.62 bits per heavy atom. The van der Waals surface area contributed by atoms with Gasteiger partial charge in [-0.05, 0) is 103 Å². The zero-order valence-corrected chi connectivity index (χ0v) is 33.3. The van der Waals surface area contributed by atoms with Crippen molar-refractivity contribution >= 4 is 27.8 Å². The Labute approximate surface area is 330 Å². The Morgan fingerprint density at radius 3 is 2.42 bits per heavy atom. The molecule has 3 aromatic rings. The molecule has 1 fully saturated rings. The number of nitrogens with zero attached hydrogens (tertiary/aromatic N) is 3. The Hall–Kier alpha value is -5.54. The van der Waals surface area contributed by atoms with Crippen LogP contribution >= 0.6 is 0 Å². The highest BCUT2D eigenvalue weighted by Crippen LogP contribution is 2.48. The lowest BCUT2D eigenvalue weighted by molar-refractivity contribution is 0.402. The minimum Gasteiger partial charge on any atom is -0.338 e. The summed E-state index contributed by atoms with van der Waals surface area (Å²) in [5.74, 6) is 0.423. The second kappa shape index (κ2) is 19.2. The van der Waals surface area contributed by atoms with Crippen molar-refractivity contribution in [2.45, 2.75) is 85.1 Å². The summed E-state index contributed by atoms with van der Waals surface area (Å²) in [4.78, 5) is 13.4. The van der Waals surface area contributed by atoms with E-state index in [9.17, 15) is 0 Å². The van der Waals surface area contributed by atoms with Crippen molar-refractivity contribution < 1.29 is 0 Å². The maximum Gasteiger partial charge on any atom is 0.0969 e. The maximum atomic E-state index is 5.42. The predicted molar refractivity (Wildman–Crippen MR) is 238 cm³/mol. The van der Waals surface area contributed by atoms with Gasteiger partial charge < -0.3 is 4.90 Å². The van der Waals surface area contributed by atoms with Crippen LogP contribution in [-0.4, -0.2) is 20.9 Å². The van der Waals surface area contributed by atoms with Crippen LogP contribution in [0.5, 0.6) is 0 Å². The Bertz CT molecular complexity index is 2210. The molecule has 7 rings (SSSR count). The SMILES string of the molecule is C=C.CC/C=C\C=C/C(C)N1C2=CCC(c3nc4ccccc4nc3C3=CC=CCC=C3)=CC(c3ccccc3CCC)=C2C/C1=C1/C=C\C/C=C\CC1C. The first-order valence-electron chi connectivity index (χ1n) is 20.3. The summed E-state index contributed by atoms with van der Waals surface area (Å²) in [6, 6.07) is 17.5. The topological polar surface area (TPSA) is 29.0 Å². The molecule has 4 aliphatic rings. The van der Waals surface area contributed by atoms with E-state index in [0.717, 1.165) is 79.4 Å². The highest BCUT2D eigenvalue weighted by atomic mass is 15.2. The standard InChI is InChI=1S/C50H53N3.C2H4/c1-5-7-8-14-24-37(4)53-47-33-32-40(50-49(39-26-15-10-11-16-27-39)51-45-30-20-21-31-46(45)52-50)34-43(42-29-19-18-25-38(42)22-6-2)44(47)35-48(53)41-28-17-12-9-13-23-36(41)3;1-2/h7-10,13-21,24-31,33-34,36-37H,5-6,11-12,22-23,32,35H2,1-4H3;1-2H2/b8-7-,13-9-,24-14-,28-17-,48-41+;. The summed E-state index contributed by atoms with van der Waals surface area (Å²) >= 11 is 0. The highest BCUT2D eigenvalue weighted by molar-refractivity contribution is 5.94. The molecule has 3 heteroatoms. The Kier molecular flexibility index (Phi) is 13.6. The van der Waals surface area contributed by atoms with Crippen LogP contribution in [0.3, 0.4) is 0 Å². The quantitative estimate of drug-likeness (QED) is 0.163. The number of benzene rings is 2. The summed E-state index contributed by atoms with van der Waals surface area (Å²) in [5.41, 5.74) is 15.7. The van der Waals surface area contributed by atoms with Gasteiger partial charge in [-0.2, -0.15) is 0 Å². The van der Waals surface area contributed by atoms with E-state index in [1.165, 1.54) is 44.8 Å². The van der Waals surface area contributed by atoms with Crippen LogP contribution in [0.2, 0.25) is 0 Å². The molecule has 0 N–H and O–H groups in total. The van der Waals surface area contributed by atoms with Gasteiger partial charge in [0, 0.05) is 29.4 Å². The number of aryl methyl sites for hydroxylation is 1. The van der Waals surface area contributed by atoms with E-state index < -0.39 is 0 Å². The fourth-order valence-electron chi connectivity index (χ4n) is 8.03. The van der Waals surface area contributed by atoms with Gasteiger partial charge in [-0.15, -0.1) is 13.2 Å². The molecule has 0 radical (unpaired) electrons. The minimum atomic E-state index is 0.169. The molecule has 1 aliphatic heterocycles. The van der Waals surface area contributed by atoms with Gasteiger partial charge in [0.15, 0.2) is 0 Å². The van der Waals surface area contributed by atoms with Gasteiger partial charge >= 0.3 is 0 Å². The first-order chi connectivity index (χ1) is 27.1. The molecule has 0 amide bonds. The molecule has 3 nitrogen and oxygen atoms in total. The molecule has 2 heterocycles. The van der Waals surface area contributed by atoms with Crippen LogP contribution in [-0.2, 0) is 6.42 Å². The second-order valence-electron chi connectivity index (χ2n) is 14.5. The zero-order valence-electron chi connectivity index (χ0n) is 33.3. The van der Waals surface area contributed by atoms with Crippen molar-refractivity contribution in [2.24, 2.45) is 5.92 Å². The van der Waals surface area contributed by atoms with Crippen LogP contribution in [0.15, 0.2) is 175 Å². The van der Waals surface area contributed by atoms with Crippen LogP contribution in [0.4, 0.5) is 0 Å². The summed E-state index contributed by atoms with van der Waals surface area (Å²) in [6.45, 7) is 15.2. The molecule has 55 heavy (non-hydrogen) atoms. The number of hydrogen-bond acceptors (Lipinski definition) is 3. The van der Waals surface area contributed by atoms with Crippen LogP contribution in [0.25, 0.3) is 27.8 Å². The maximum absolute atomic E-state index is 5.42. The summed E-state index contributed by atoms with van der Waals surface area (Å²) < 4.78 is 0. The normalized spacial score (nSPS) is 21.6. The second-order valence-corrected chi connectivity index (χ2v) is 14.5. The van der Waals surface area contributed by atoms with E-state index in [-0.39, 0.29) is 6.04 Å². The molecule has 1 saturated heterocycles. The van der Waals surface area contributed by atoms with Gasteiger partial charge in [-0.1, -0.05) is 149 Å². The summed E-state index contributed by atoms with van der Waals surface area (Å²) in [7, 11) is 0. The van der Waals surface area contributed by atoms with Crippen molar-refractivity contribution in [2.75, 3.05) is 0 Å². The van der Waals surface area contributed by atoms with E-state index in [1.807, 2.05) is 0 Å². The molecule has 0 saturated carbocycles. The fraction of sp³-hybridized carbons (Fsp3) is 0.269. The Morgan fingerprint density at radius 1 is 0.873 bits per heavy atom. The lowest BCUT2D eigenvalue weighted by Gasteiger charge is -2.30. The number of para-hydroxylation sites is 2. The molecule has 3 aliphatic carbocycles. The molecule has 280 valence electrons. The third kappa shape index (κ3) is 8.89. The van der Waals surface area contributed by atoms with Crippen molar-refractivity contribution in [1.29, 1.82) is 0 Å². The average molecular weight is 724 g/mol. The van der Waals surface area contributed by atoms with Crippen molar-refractivity contribution in [3.8, 4) is 0 Å². The number of rotatable bonds is 9. The summed E-state index contributed by atoms with van der Waals surface area (Å²) in [6.07, 6.45) is 42.1. The van der Waals surface area contributed by atoms with Crippen LogP contribution < -0.4 is 0 Å². The smallest absolute Gasteiger partial charge is 0.0969 e. The number of hydrogen-bond donors (Lipinski definition) is 0. The van der Waals surface area contributed by atoms with Gasteiger partial charge in [-0.3, -0.25) is 0 Å². The molecule has 0 bridgehead atoms. The number of allylic oxidation sites excluding steroid dienone is 20. The first-order valence-corrected chi connectivity index (χ1v) is 20.3. The van der Waals surface area contributed by atoms with Gasteiger partial charge in [0.1, 0.15) is 0 Å². The molecule has 2 atom stereocenters. The lowest BCUT2D eigenvalue weighted by atomic mass is 9.89. The third-order valence-electron chi connectivity index (χ3n) is 10.7. The minimum absolute atomic E-state index is 0.169. The van der Waals surface area contributed by atoms with E-state index in [1.54, 1.807) is 0 Å². The third-order valence-corrected chi connectivity index (χ3v) is 10.7. The zero-order chi connectivity index (χ0) is 38.6. The highest BCUT2D eigenvalue weighted by Gasteiger charge is 2.36. The molecule has 1 aromatic heterocycles. The van der Waals surface area contributed by atoms with E-state index in [0.29, 0.717) is 5.92 Å². The molecular weight excluding hydrogens is 667 g/mol. The molecular formula is C52H57N3. The van der Waals surface area contributed by atoms with Crippen molar-refractivity contribution in [3.63, 3.8) is 0 Å². The number of aromatic nitrogens is 2. The van der Waals surface area contributed by atoms with Gasteiger partial charge in [0.2, 0.25) is 0 Å². The monoisotopic (exact) mass is 723 g/mol. The van der Waals surface area contributed by atoms with Crippen molar-refractivity contribution in [3.05, 3.63) is 198 Å². The number of likely N-dealkylation sites (tertiary alicyclic amines) is 1. The van der Waals surface area contributed by atoms with Crippen LogP contribution in [0.1, 0.15) is 95.2 Å².